The van der Waals surface area contributed by atoms with Crippen LogP contribution in [0.25, 0.3) is 0 Å². The summed E-state index contributed by atoms with van der Waals surface area (Å²) in [6, 6.07) is 2.65. The molecular weight excluding hydrogens is 210 g/mol. The van der Waals surface area contributed by atoms with Crippen LogP contribution in [-0.4, -0.2) is 17.5 Å². The maximum absolute atomic E-state index is 3.56. The molecule has 0 aliphatic heterocycles. The molecular formula is C11H19NS2. The molecule has 1 aromatic rings. The number of thioether (sulfide) groups is 1. The quantitative estimate of drug-likeness (QED) is 0.829. The van der Waals surface area contributed by atoms with E-state index in [0.717, 1.165) is 6.54 Å². The van der Waals surface area contributed by atoms with Gasteiger partial charge in [-0.15, -0.1) is 0 Å². The zero-order valence-corrected chi connectivity index (χ0v) is 11.0. The smallest absolute Gasteiger partial charge is 0.0300 e. The molecule has 1 atom stereocenters. The van der Waals surface area contributed by atoms with E-state index >= 15 is 0 Å². The first-order chi connectivity index (χ1) is 6.55. The molecule has 1 aromatic heterocycles. The lowest BCUT2D eigenvalue weighted by Crippen LogP contribution is -2.33. The molecule has 0 aliphatic rings. The molecule has 0 radical (unpaired) electrons. The Morgan fingerprint density at radius 1 is 1.57 bits per heavy atom. The topological polar surface area (TPSA) is 12.0 Å². The molecule has 1 unspecified atom stereocenters. The molecule has 3 heteroatoms. The second-order valence-electron chi connectivity index (χ2n) is 4.12. The van der Waals surface area contributed by atoms with Crippen molar-refractivity contribution in [1.29, 1.82) is 0 Å². The summed E-state index contributed by atoms with van der Waals surface area (Å²) in [5, 5.41) is 7.91. The average Bonchev–Trinajstić information content (AvgIpc) is 2.67. The zero-order chi connectivity index (χ0) is 10.6. The van der Waals surface area contributed by atoms with Crippen molar-refractivity contribution < 1.29 is 0 Å². The van der Waals surface area contributed by atoms with E-state index in [-0.39, 0.29) is 0 Å². The molecule has 1 N–H and O–H groups in total. The van der Waals surface area contributed by atoms with Crippen LogP contribution in [0.1, 0.15) is 32.4 Å². The lowest BCUT2D eigenvalue weighted by atomic mass is 10.1. The molecule has 1 rings (SSSR count). The summed E-state index contributed by atoms with van der Waals surface area (Å²) in [5.41, 5.74) is 1.40. The second-order valence-corrected chi connectivity index (χ2v) is 6.42. The molecule has 0 fully saturated rings. The molecule has 1 nitrogen and oxygen atoms in total. The maximum atomic E-state index is 3.56. The van der Waals surface area contributed by atoms with E-state index in [4.69, 9.17) is 0 Å². The molecule has 0 saturated heterocycles. The minimum Gasteiger partial charge on any atom is -0.309 e. The van der Waals surface area contributed by atoms with Gasteiger partial charge in [0.25, 0.3) is 0 Å². The van der Waals surface area contributed by atoms with Gasteiger partial charge in [-0.05, 0) is 49.4 Å². The molecule has 0 saturated carbocycles. The summed E-state index contributed by atoms with van der Waals surface area (Å²) in [7, 11) is 0. The van der Waals surface area contributed by atoms with Gasteiger partial charge in [-0.2, -0.15) is 23.1 Å². The van der Waals surface area contributed by atoms with Gasteiger partial charge >= 0.3 is 0 Å². The fourth-order valence-electron chi connectivity index (χ4n) is 1.11. The highest BCUT2D eigenvalue weighted by atomic mass is 32.2. The predicted octanol–water partition coefficient (Wildman–Crippen LogP) is 3.54. The average molecular weight is 229 g/mol. The second kappa shape index (κ2) is 5.19. The van der Waals surface area contributed by atoms with Crippen molar-refractivity contribution in [3.8, 4) is 0 Å². The van der Waals surface area contributed by atoms with Crippen LogP contribution in [0.15, 0.2) is 16.8 Å². The summed E-state index contributed by atoms with van der Waals surface area (Å²) in [6.07, 6.45) is 2.16. The van der Waals surface area contributed by atoms with Gasteiger partial charge in [-0.25, -0.2) is 0 Å². The van der Waals surface area contributed by atoms with Gasteiger partial charge in [0.2, 0.25) is 0 Å². The van der Waals surface area contributed by atoms with Crippen LogP contribution in [0.4, 0.5) is 0 Å². The fourth-order valence-corrected chi connectivity index (χ4v) is 2.09. The highest BCUT2D eigenvalue weighted by molar-refractivity contribution is 7.99. The summed E-state index contributed by atoms with van der Waals surface area (Å²) in [6.45, 7) is 7.81. The molecule has 0 amide bonds. The van der Waals surface area contributed by atoms with E-state index in [0.29, 0.717) is 10.8 Å². The molecule has 0 aliphatic carbocycles. The molecule has 80 valence electrons. The number of hydrogen-bond donors (Lipinski definition) is 1. The van der Waals surface area contributed by atoms with E-state index in [1.54, 1.807) is 11.3 Å². The highest BCUT2D eigenvalue weighted by Crippen LogP contribution is 2.22. The van der Waals surface area contributed by atoms with Crippen molar-refractivity contribution in [1.82, 2.24) is 5.32 Å². The third-order valence-electron chi connectivity index (χ3n) is 2.43. The summed E-state index contributed by atoms with van der Waals surface area (Å²) in [5.74, 6) is 0. The lowest BCUT2D eigenvalue weighted by Gasteiger charge is -2.24. The summed E-state index contributed by atoms with van der Waals surface area (Å²) < 4.78 is 0.324. The van der Waals surface area contributed by atoms with Crippen LogP contribution in [0.2, 0.25) is 0 Å². The minimum absolute atomic E-state index is 0.324. The first-order valence-corrected chi connectivity index (χ1v) is 7.02. The predicted molar refractivity (Wildman–Crippen MR) is 68.3 cm³/mol. The fraction of sp³-hybridized carbons (Fsp3) is 0.636. The van der Waals surface area contributed by atoms with Crippen LogP contribution in [0, 0.1) is 0 Å². The SMILES string of the molecule is CSC(C)(C)CNC(C)c1ccsc1. The normalized spacial score (nSPS) is 14.3. The third-order valence-corrected chi connectivity index (χ3v) is 4.38. The summed E-state index contributed by atoms with van der Waals surface area (Å²) >= 11 is 3.67. The van der Waals surface area contributed by atoms with Gasteiger partial charge in [0.05, 0.1) is 0 Å². The van der Waals surface area contributed by atoms with E-state index in [1.165, 1.54) is 5.56 Å². The van der Waals surface area contributed by atoms with E-state index < -0.39 is 0 Å². The van der Waals surface area contributed by atoms with Crippen LogP contribution in [0.3, 0.4) is 0 Å². The number of rotatable bonds is 5. The van der Waals surface area contributed by atoms with Crippen molar-refractivity contribution >= 4 is 23.1 Å². The largest absolute Gasteiger partial charge is 0.309 e. The van der Waals surface area contributed by atoms with Gasteiger partial charge < -0.3 is 5.32 Å². The van der Waals surface area contributed by atoms with Crippen LogP contribution in [0.5, 0.6) is 0 Å². The molecule has 0 aromatic carbocycles. The molecule has 14 heavy (non-hydrogen) atoms. The zero-order valence-electron chi connectivity index (χ0n) is 9.33. The third kappa shape index (κ3) is 3.64. The Bertz CT molecular complexity index is 254. The number of nitrogens with one attached hydrogen (secondary N) is 1. The Balaban J connectivity index is 2.39. The van der Waals surface area contributed by atoms with Gasteiger partial charge in [0.1, 0.15) is 0 Å². The van der Waals surface area contributed by atoms with Crippen molar-refractivity contribution in [2.75, 3.05) is 12.8 Å². The van der Waals surface area contributed by atoms with Crippen molar-refractivity contribution in [2.24, 2.45) is 0 Å². The van der Waals surface area contributed by atoms with E-state index in [2.05, 4.69) is 49.2 Å². The molecule has 0 spiro atoms. The van der Waals surface area contributed by atoms with Crippen LogP contribution >= 0.6 is 23.1 Å². The Kier molecular flexibility index (Phi) is 4.48. The van der Waals surface area contributed by atoms with Crippen LogP contribution < -0.4 is 5.32 Å². The van der Waals surface area contributed by atoms with Crippen LogP contribution in [-0.2, 0) is 0 Å². The Morgan fingerprint density at radius 2 is 2.29 bits per heavy atom. The van der Waals surface area contributed by atoms with Crippen molar-refractivity contribution in [3.63, 3.8) is 0 Å². The van der Waals surface area contributed by atoms with Crippen molar-refractivity contribution in [2.45, 2.75) is 31.6 Å². The minimum atomic E-state index is 0.324. The molecule has 1 heterocycles. The first-order valence-electron chi connectivity index (χ1n) is 4.86. The van der Waals surface area contributed by atoms with Gasteiger partial charge in [0.15, 0.2) is 0 Å². The Labute approximate surface area is 95.3 Å². The Hall–Kier alpha value is 0.01000. The highest BCUT2D eigenvalue weighted by Gasteiger charge is 2.17. The standard InChI is InChI=1S/C11H19NS2/c1-9(10-5-6-14-7-10)12-8-11(2,3)13-4/h5-7,9,12H,8H2,1-4H3. The maximum Gasteiger partial charge on any atom is 0.0300 e. The van der Waals surface area contributed by atoms with E-state index in [9.17, 15) is 0 Å². The van der Waals surface area contributed by atoms with Gasteiger partial charge in [-0.3, -0.25) is 0 Å². The lowest BCUT2D eigenvalue weighted by molar-refractivity contribution is 0.523. The monoisotopic (exact) mass is 229 g/mol. The summed E-state index contributed by atoms with van der Waals surface area (Å²) in [4.78, 5) is 0. The number of hydrogen-bond acceptors (Lipinski definition) is 3. The van der Waals surface area contributed by atoms with Crippen molar-refractivity contribution in [3.05, 3.63) is 22.4 Å². The Morgan fingerprint density at radius 3 is 2.79 bits per heavy atom. The van der Waals surface area contributed by atoms with Gasteiger partial charge in [0, 0.05) is 17.3 Å². The van der Waals surface area contributed by atoms with E-state index in [1.807, 2.05) is 11.8 Å². The molecule has 0 bridgehead atoms. The first kappa shape index (κ1) is 12.1. The number of thiophene rings is 1. The van der Waals surface area contributed by atoms with Gasteiger partial charge in [-0.1, -0.05) is 0 Å².